The molecular weight excluding hydrogens is 204 g/mol. The first-order valence-corrected chi connectivity index (χ1v) is 5.52. The number of sulfonamides is 1. The summed E-state index contributed by atoms with van der Waals surface area (Å²) in [4.78, 5) is -0.0170. The van der Waals surface area contributed by atoms with Crippen molar-refractivity contribution in [1.82, 2.24) is 0 Å². The SMILES string of the molecule is Nc1cc(S(N)(=O)=O)ccc1CCO. The van der Waals surface area contributed by atoms with Crippen LogP contribution in [0.2, 0.25) is 0 Å². The summed E-state index contributed by atoms with van der Waals surface area (Å²) in [7, 11) is -3.70. The molecule has 0 aromatic heterocycles. The summed E-state index contributed by atoms with van der Waals surface area (Å²) in [6, 6.07) is 4.21. The first-order chi connectivity index (χ1) is 6.45. The van der Waals surface area contributed by atoms with Crippen LogP contribution in [-0.2, 0) is 16.4 Å². The minimum Gasteiger partial charge on any atom is -0.398 e. The number of nitrogens with two attached hydrogens (primary N) is 2. The largest absolute Gasteiger partial charge is 0.398 e. The summed E-state index contributed by atoms with van der Waals surface area (Å²) < 4.78 is 21.9. The van der Waals surface area contributed by atoms with Gasteiger partial charge in [0, 0.05) is 12.3 Å². The third kappa shape index (κ3) is 2.44. The van der Waals surface area contributed by atoms with Crippen LogP contribution in [0, 0.1) is 0 Å². The van der Waals surface area contributed by atoms with Crippen LogP contribution in [0.3, 0.4) is 0 Å². The molecule has 1 aromatic rings. The molecule has 0 fully saturated rings. The van der Waals surface area contributed by atoms with Gasteiger partial charge in [-0.15, -0.1) is 0 Å². The lowest BCUT2D eigenvalue weighted by atomic mass is 10.1. The number of hydrogen-bond donors (Lipinski definition) is 3. The molecule has 5 N–H and O–H groups in total. The van der Waals surface area contributed by atoms with Crippen LogP contribution in [0.15, 0.2) is 23.1 Å². The number of nitrogen functional groups attached to an aromatic ring is 1. The van der Waals surface area contributed by atoms with Crippen LogP contribution >= 0.6 is 0 Å². The minimum absolute atomic E-state index is 0.0170. The van der Waals surface area contributed by atoms with Crippen molar-refractivity contribution in [2.24, 2.45) is 5.14 Å². The molecule has 0 unspecified atom stereocenters. The fourth-order valence-electron chi connectivity index (χ4n) is 1.10. The normalized spacial score (nSPS) is 11.6. The fourth-order valence-corrected chi connectivity index (χ4v) is 1.65. The van der Waals surface area contributed by atoms with Gasteiger partial charge in [0.25, 0.3) is 0 Å². The monoisotopic (exact) mass is 216 g/mol. The highest BCUT2D eigenvalue weighted by Gasteiger charge is 2.09. The molecule has 5 nitrogen and oxygen atoms in total. The Balaban J connectivity index is 3.13. The van der Waals surface area contributed by atoms with Crippen LogP contribution in [0.4, 0.5) is 5.69 Å². The molecule has 0 radical (unpaired) electrons. The minimum atomic E-state index is -3.70. The van der Waals surface area contributed by atoms with Crippen molar-refractivity contribution in [2.45, 2.75) is 11.3 Å². The Morgan fingerprint density at radius 3 is 2.43 bits per heavy atom. The second kappa shape index (κ2) is 3.95. The molecule has 0 aliphatic heterocycles. The zero-order valence-electron chi connectivity index (χ0n) is 7.47. The molecule has 0 heterocycles. The van der Waals surface area contributed by atoms with Gasteiger partial charge in [-0.3, -0.25) is 0 Å². The Hall–Kier alpha value is -1.11. The Labute approximate surface area is 82.4 Å². The van der Waals surface area contributed by atoms with Crippen LogP contribution in [0.25, 0.3) is 0 Å². The number of aliphatic hydroxyl groups excluding tert-OH is 1. The van der Waals surface area contributed by atoms with Crippen LogP contribution in [-0.4, -0.2) is 20.1 Å². The third-order valence-electron chi connectivity index (χ3n) is 1.83. The summed E-state index contributed by atoms with van der Waals surface area (Å²) >= 11 is 0. The smallest absolute Gasteiger partial charge is 0.238 e. The first kappa shape index (κ1) is 11.0. The van der Waals surface area contributed by atoms with E-state index in [1.54, 1.807) is 6.07 Å². The topological polar surface area (TPSA) is 106 Å². The molecular formula is C8H12N2O3S. The first-order valence-electron chi connectivity index (χ1n) is 3.97. The summed E-state index contributed by atoms with van der Waals surface area (Å²) in [6.07, 6.45) is 0.400. The van der Waals surface area contributed by atoms with E-state index in [-0.39, 0.29) is 11.5 Å². The molecule has 0 bridgehead atoms. The molecule has 0 atom stereocenters. The summed E-state index contributed by atoms with van der Waals surface area (Å²) in [6.45, 7) is -0.0288. The molecule has 0 spiro atoms. The molecule has 6 heteroatoms. The maximum absolute atomic E-state index is 10.9. The molecule has 0 saturated heterocycles. The average molecular weight is 216 g/mol. The fraction of sp³-hybridized carbons (Fsp3) is 0.250. The van der Waals surface area contributed by atoms with Gasteiger partial charge < -0.3 is 10.8 Å². The van der Waals surface area contributed by atoms with Crippen molar-refractivity contribution in [3.8, 4) is 0 Å². The molecule has 1 rings (SSSR count). The molecule has 14 heavy (non-hydrogen) atoms. The van der Waals surface area contributed by atoms with Gasteiger partial charge in [-0.05, 0) is 24.1 Å². The average Bonchev–Trinajstić information content (AvgIpc) is 2.07. The zero-order valence-corrected chi connectivity index (χ0v) is 8.29. The van der Waals surface area contributed by atoms with E-state index in [1.807, 2.05) is 0 Å². The van der Waals surface area contributed by atoms with Gasteiger partial charge in [0.05, 0.1) is 4.90 Å². The predicted molar refractivity (Wildman–Crippen MR) is 53.0 cm³/mol. The standard InChI is InChI=1S/C8H12N2O3S/c9-8-5-7(14(10,12)13)2-1-6(8)3-4-11/h1-2,5,11H,3-4,9H2,(H2,10,12,13). The number of rotatable bonds is 3. The van der Waals surface area contributed by atoms with E-state index in [9.17, 15) is 8.42 Å². The van der Waals surface area contributed by atoms with Gasteiger partial charge in [0.15, 0.2) is 0 Å². The van der Waals surface area contributed by atoms with E-state index in [4.69, 9.17) is 16.0 Å². The van der Waals surface area contributed by atoms with Gasteiger partial charge in [0.1, 0.15) is 0 Å². The van der Waals surface area contributed by atoms with Crippen molar-refractivity contribution in [2.75, 3.05) is 12.3 Å². The number of benzene rings is 1. The molecule has 0 amide bonds. The van der Waals surface area contributed by atoms with Crippen LogP contribution < -0.4 is 10.9 Å². The van der Waals surface area contributed by atoms with Crippen molar-refractivity contribution in [1.29, 1.82) is 0 Å². The highest BCUT2D eigenvalue weighted by atomic mass is 32.2. The lowest BCUT2D eigenvalue weighted by molar-refractivity contribution is 0.300. The Kier molecular flexibility index (Phi) is 3.10. The molecule has 0 aliphatic carbocycles. The van der Waals surface area contributed by atoms with Crippen molar-refractivity contribution in [3.05, 3.63) is 23.8 Å². The second-order valence-electron chi connectivity index (χ2n) is 2.88. The number of aliphatic hydroxyl groups is 1. The summed E-state index contributed by atoms with van der Waals surface area (Å²) in [5.41, 5.74) is 6.61. The van der Waals surface area contributed by atoms with E-state index in [0.29, 0.717) is 17.7 Å². The summed E-state index contributed by atoms with van der Waals surface area (Å²) in [5.74, 6) is 0. The number of hydrogen-bond acceptors (Lipinski definition) is 4. The maximum atomic E-state index is 10.9. The maximum Gasteiger partial charge on any atom is 0.238 e. The lowest BCUT2D eigenvalue weighted by Crippen LogP contribution is -2.13. The van der Waals surface area contributed by atoms with Gasteiger partial charge in [0.2, 0.25) is 10.0 Å². The molecule has 78 valence electrons. The number of anilines is 1. The van der Waals surface area contributed by atoms with E-state index in [0.717, 1.165) is 0 Å². The van der Waals surface area contributed by atoms with Gasteiger partial charge in [-0.2, -0.15) is 0 Å². The Morgan fingerprint density at radius 2 is 2.00 bits per heavy atom. The Morgan fingerprint density at radius 1 is 1.36 bits per heavy atom. The molecule has 0 saturated carbocycles. The van der Waals surface area contributed by atoms with E-state index >= 15 is 0 Å². The van der Waals surface area contributed by atoms with Gasteiger partial charge >= 0.3 is 0 Å². The van der Waals surface area contributed by atoms with Gasteiger partial charge in [-0.25, -0.2) is 13.6 Å². The highest BCUT2D eigenvalue weighted by molar-refractivity contribution is 7.89. The van der Waals surface area contributed by atoms with Crippen molar-refractivity contribution < 1.29 is 13.5 Å². The van der Waals surface area contributed by atoms with Crippen molar-refractivity contribution in [3.63, 3.8) is 0 Å². The van der Waals surface area contributed by atoms with E-state index < -0.39 is 10.0 Å². The van der Waals surface area contributed by atoms with Crippen molar-refractivity contribution >= 4 is 15.7 Å². The Bertz CT molecular complexity index is 428. The summed E-state index contributed by atoms with van der Waals surface area (Å²) in [5, 5.41) is 13.6. The molecule has 1 aromatic carbocycles. The third-order valence-corrected chi connectivity index (χ3v) is 2.74. The van der Waals surface area contributed by atoms with Gasteiger partial charge in [-0.1, -0.05) is 6.07 Å². The van der Waals surface area contributed by atoms with E-state index in [2.05, 4.69) is 0 Å². The van der Waals surface area contributed by atoms with Crippen LogP contribution in [0.5, 0.6) is 0 Å². The predicted octanol–water partition coefficient (Wildman–Crippen LogP) is -0.549. The zero-order chi connectivity index (χ0) is 10.8. The second-order valence-corrected chi connectivity index (χ2v) is 4.44. The quantitative estimate of drug-likeness (QED) is 0.589. The lowest BCUT2D eigenvalue weighted by Gasteiger charge is -2.05. The van der Waals surface area contributed by atoms with Crippen LogP contribution in [0.1, 0.15) is 5.56 Å². The highest BCUT2D eigenvalue weighted by Crippen LogP contribution is 2.17. The number of primary sulfonamides is 1. The van der Waals surface area contributed by atoms with E-state index in [1.165, 1.54) is 12.1 Å². The molecule has 0 aliphatic rings.